The summed E-state index contributed by atoms with van der Waals surface area (Å²) in [5.41, 5.74) is 7.86. The van der Waals surface area contributed by atoms with E-state index < -0.39 is 24.3 Å². The molecule has 0 saturated carbocycles. The first kappa shape index (κ1) is 30.0. The number of likely N-dealkylation sites (tertiary alicyclic amines) is 1. The Bertz CT molecular complexity index is 750. The van der Waals surface area contributed by atoms with Crippen LogP contribution in [0.4, 0.5) is 32.0 Å². The average molecular weight is 489 g/mol. The van der Waals surface area contributed by atoms with Gasteiger partial charge in [-0.3, -0.25) is 4.79 Å². The third kappa shape index (κ3) is 12.6. The second-order valence-electron chi connectivity index (χ2n) is 7.17. The SMILES string of the molecule is CN(C)CC(=O)N1CCC(c2ccc(N)cc2)CC1.O=C(O)C(F)(F)F.O=C(O)C(F)(F)F. The number of anilines is 1. The van der Waals surface area contributed by atoms with Gasteiger partial charge in [0, 0.05) is 18.8 Å². The van der Waals surface area contributed by atoms with Crippen LogP contribution in [0, 0.1) is 0 Å². The number of aliphatic carboxylic acids is 2. The van der Waals surface area contributed by atoms with Crippen molar-refractivity contribution in [3.63, 3.8) is 0 Å². The van der Waals surface area contributed by atoms with E-state index in [9.17, 15) is 31.1 Å². The van der Waals surface area contributed by atoms with Gasteiger partial charge >= 0.3 is 24.3 Å². The maximum atomic E-state index is 12.0. The molecule has 1 fully saturated rings. The first-order valence-electron chi connectivity index (χ1n) is 9.33. The molecule has 188 valence electrons. The van der Waals surface area contributed by atoms with E-state index in [1.54, 1.807) is 0 Å². The van der Waals surface area contributed by atoms with Crippen LogP contribution in [-0.4, -0.2) is 83.9 Å². The molecule has 0 radical (unpaired) electrons. The number of hydrogen-bond donors (Lipinski definition) is 3. The number of nitrogens with two attached hydrogens (primary N) is 1. The summed E-state index contributed by atoms with van der Waals surface area (Å²) < 4.78 is 63.5. The third-order valence-electron chi connectivity index (χ3n) is 4.19. The van der Waals surface area contributed by atoms with Crippen molar-refractivity contribution in [2.24, 2.45) is 0 Å². The van der Waals surface area contributed by atoms with Crippen LogP contribution in [0.2, 0.25) is 0 Å². The molecular formula is C19H25F6N3O5. The van der Waals surface area contributed by atoms with E-state index in [1.165, 1.54) is 5.56 Å². The van der Waals surface area contributed by atoms with Crippen molar-refractivity contribution < 1.29 is 50.9 Å². The third-order valence-corrected chi connectivity index (χ3v) is 4.19. The molecule has 0 unspecified atom stereocenters. The van der Waals surface area contributed by atoms with Crippen LogP contribution in [0.15, 0.2) is 24.3 Å². The first-order valence-corrected chi connectivity index (χ1v) is 9.33. The number of nitrogens with zero attached hydrogens (tertiary/aromatic N) is 2. The van der Waals surface area contributed by atoms with E-state index >= 15 is 0 Å². The molecule has 0 atom stereocenters. The van der Waals surface area contributed by atoms with E-state index in [2.05, 4.69) is 12.1 Å². The molecule has 4 N–H and O–H groups in total. The van der Waals surface area contributed by atoms with Gasteiger partial charge in [-0.1, -0.05) is 12.1 Å². The summed E-state index contributed by atoms with van der Waals surface area (Å²) in [5, 5.41) is 14.2. The molecule has 0 aliphatic carbocycles. The first-order chi connectivity index (χ1) is 14.9. The summed E-state index contributed by atoms with van der Waals surface area (Å²) in [6.07, 6.45) is -8.08. The van der Waals surface area contributed by atoms with E-state index in [0.717, 1.165) is 31.6 Å². The summed E-state index contributed by atoms with van der Waals surface area (Å²) in [6.45, 7) is 2.23. The molecule has 0 aromatic heterocycles. The van der Waals surface area contributed by atoms with Gasteiger partial charge in [0.2, 0.25) is 5.91 Å². The van der Waals surface area contributed by atoms with Crippen LogP contribution >= 0.6 is 0 Å². The molecule has 1 aliphatic heterocycles. The molecule has 0 bridgehead atoms. The summed E-state index contributed by atoms with van der Waals surface area (Å²) in [4.78, 5) is 33.7. The topological polar surface area (TPSA) is 124 Å². The molecule has 8 nitrogen and oxygen atoms in total. The minimum absolute atomic E-state index is 0.237. The molecule has 0 spiro atoms. The molecule has 1 aliphatic rings. The van der Waals surface area contributed by atoms with E-state index in [-0.39, 0.29) is 5.91 Å². The zero-order chi connectivity index (χ0) is 26.0. The van der Waals surface area contributed by atoms with Gasteiger partial charge in [0.25, 0.3) is 0 Å². The molecule has 1 heterocycles. The highest BCUT2D eigenvalue weighted by atomic mass is 19.4. The zero-order valence-electron chi connectivity index (χ0n) is 17.8. The standard InChI is InChI=1S/C15H23N3O.2C2HF3O2/c1-17(2)11-15(19)18-9-7-13(8-10-18)12-3-5-14(16)6-4-12;2*3-2(4,5)1(6)7/h3-6,13H,7-11,16H2,1-2H3;2*(H,6,7). The molecular weight excluding hydrogens is 464 g/mol. The number of rotatable bonds is 3. The van der Waals surface area contributed by atoms with Gasteiger partial charge in [-0.15, -0.1) is 0 Å². The number of carboxylic acids is 2. The summed E-state index contributed by atoms with van der Waals surface area (Å²) in [7, 11) is 3.86. The van der Waals surface area contributed by atoms with E-state index in [1.807, 2.05) is 36.0 Å². The highest BCUT2D eigenvalue weighted by Gasteiger charge is 2.38. The molecule has 14 heteroatoms. The molecule has 1 amide bonds. The lowest BCUT2D eigenvalue weighted by molar-refractivity contribution is -0.193. The van der Waals surface area contributed by atoms with Gasteiger partial charge < -0.3 is 25.7 Å². The van der Waals surface area contributed by atoms with Gasteiger partial charge in [-0.05, 0) is 50.6 Å². The molecule has 1 aromatic carbocycles. The van der Waals surface area contributed by atoms with Crippen LogP contribution in [0.1, 0.15) is 24.3 Å². The van der Waals surface area contributed by atoms with Gasteiger partial charge in [0.15, 0.2) is 0 Å². The van der Waals surface area contributed by atoms with Crippen molar-refractivity contribution in [2.45, 2.75) is 31.1 Å². The van der Waals surface area contributed by atoms with Crippen molar-refractivity contribution in [3.05, 3.63) is 29.8 Å². The second-order valence-corrected chi connectivity index (χ2v) is 7.17. The number of carboxylic acid groups (broad SMARTS) is 2. The predicted molar refractivity (Wildman–Crippen MR) is 105 cm³/mol. The predicted octanol–water partition coefficient (Wildman–Crippen LogP) is 2.80. The van der Waals surface area contributed by atoms with Crippen LogP contribution in [0.3, 0.4) is 0 Å². The maximum absolute atomic E-state index is 12.0. The smallest absolute Gasteiger partial charge is 0.475 e. The summed E-state index contributed by atoms with van der Waals surface area (Å²) >= 11 is 0. The fourth-order valence-corrected chi connectivity index (χ4v) is 2.60. The normalized spacial score (nSPS) is 14.5. The lowest BCUT2D eigenvalue weighted by Gasteiger charge is -2.33. The monoisotopic (exact) mass is 489 g/mol. The zero-order valence-corrected chi connectivity index (χ0v) is 17.8. The Morgan fingerprint density at radius 3 is 1.61 bits per heavy atom. The maximum Gasteiger partial charge on any atom is 0.490 e. The van der Waals surface area contributed by atoms with Crippen molar-refractivity contribution in [2.75, 3.05) is 39.5 Å². The number of likely N-dealkylation sites (N-methyl/N-ethyl adjacent to an activating group) is 1. The highest BCUT2D eigenvalue weighted by molar-refractivity contribution is 5.78. The fraction of sp³-hybridized carbons (Fsp3) is 0.526. The highest BCUT2D eigenvalue weighted by Crippen LogP contribution is 2.28. The molecule has 1 saturated heterocycles. The number of alkyl halides is 6. The Balaban J connectivity index is 0.000000605. The van der Waals surface area contributed by atoms with Gasteiger partial charge in [0.1, 0.15) is 0 Å². The van der Waals surface area contributed by atoms with E-state index in [0.29, 0.717) is 12.5 Å². The van der Waals surface area contributed by atoms with Gasteiger partial charge in [-0.25, -0.2) is 9.59 Å². The molecule has 2 rings (SSSR count). The van der Waals surface area contributed by atoms with Crippen LogP contribution in [0.5, 0.6) is 0 Å². The molecule has 33 heavy (non-hydrogen) atoms. The van der Waals surface area contributed by atoms with Crippen molar-refractivity contribution in [1.29, 1.82) is 0 Å². The number of carbonyl (C=O) groups excluding carboxylic acids is 1. The van der Waals surface area contributed by atoms with E-state index in [4.69, 9.17) is 25.5 Å². The second kappa shape index (κ2) is 12.9. The fourth-order valence-electron chi connectivity index (χ4n) is 2.60. The quantitative estimate of drug-likeness (QED) is 0.441. The Morgan fingerprint density at radius 2 is 1.30 bits per heavy atom. The number of benzene rings is 1. The Morgan fingerprint density at radius 1 is 0.939 bits per heavy atom. The number of amides is 1. The summed E-state index contributed by atoms with van der Waals surface area (Å²) in [5.74, 6) is -4.72. The Labute approximate surface area is 185 Å². The number of carbonyl (C=O) groups is 3. The van der Waals surface area contributed by atoms with Crippen molar-refractivity contribution in [1.82, 2.24) is 9.80 Å². The Hall–Kier alpha value is -3.03. The number of nitrogen functional groups attached to an aromatic ring is 1. The Kier molecular flexibility index (Phi) is 11.7. The number of halogens is 6. The van der Waals surface area contributed by atoms with Crippen LogP contribution < -0.4 is 5.73 Å². The van der Waals surface area contributed by atoms with Crippen molar-refractivity contribution in [3.8, 4) is 0 Å². The summed E-state index contributed by atoms with van der Waals surface area (Å²) in [6, 6.07) is 8.13. The molecule has 1 aromatic rings. The minimum atomic E-state index is -5.08. The van der Waals surface area contributed by atoms with Crippen LogP contribution in [-0.2, 0) is 14.4 Å². The van der Waals surface area contributed by atoms with Gasteiger partial charge in [-0.2, -0.15) is 26.3 Å². The number of hydrogen-bond acceptors (Lipinski definition) is 5. The van der Waals surface area contributed by atoms with Crippen molar-refractivity contribution >= 4 is 23.5 Å². The van der Waals surface area contributed by atoms with Crippen LogP contribution in [0.25, 0.3) is 0 Å². The number of piperidine rings is 1. The lowest BCUT2D eigenvalue weighted by Crippen LogP contribution is -2.42. The lowest BCUT2D eigenvalue weighted by atomic mass is 9.89. The van der Waals surface area contributed by atoms with Gasteiger partial charge in [0.05, 0.1) is 6.54 Å². The minimum Gasteiger partial charge on any atom is -0.475 e. The largest absolute Gasteiger partial charge is 0.490 e. The average Bonchev–Trinajstić information content (AvgIpc) is 2.67.